The van der Waals surface area contributed by atoms with E-state index >= 15 is 0 Å². The van der Waals surface area contributed by atoms with Crippen molar-refractivity contribution in [1.82, 2.24) is 4.90 Å². The molecule has 0 saturated carbocycles. The SMILES string of the molecule is Oc1ccc2c(c1)C(c1ccc(OC3CCN(CCCF)C3)cc1)=C(c1ccc(F)cc1Cl)CCC2. The molecule has 1 saturated heterocycles. The van der Waals surface area contributed by atoms with Gasteiger partial charge in [0.1, 0.15) is 23.4 Å². The first-order chi connectivity index (χ1) is 17.5. The lowest BCUT2D eigenvalue weighted by Crippen LogP contribution is -2.26. The number of phenols is 1. The molecule has 1 N–H and O–H groups in total. The van der Waals surface area contributed by atoms with Gasteiger partial charge < -0.3 is 9.84 Å². The molecule has 3 nitrogen and oxygen atoms in total. The van der Waals surface area contributed by atoms with Crippen LogP contribution in [0.2, 0.25) is 5.02 Å². The van der Waals surface area contributed by atoms with Crippen LogP contribution in [0.15, 0.2) is 60.7 Å². The van der Waals surface area contributed by atoms with Crippen LogP contribution in [0.5, 0.6) is 11.5 Å². The Morgan fingerprint density at radius 3 is 2.61 bits per heavy atom. The van der Waals surface area contributed by atoms with Gasteiger partial charge in [-0.05, 0) is 102 Å². The maximum Gasteiger partial charge on any atom is 0.124 e. The van der Waals surface area contributed by atoms with Gasteiger partial charge in [0.15, 0.2) is 0 Å². The zero-order valence-corrected chi connectivity index (χ0v) is 20.9. The Bertz CT molecular complexity index is 1260. The van der Waals surface area contributed by atoms with Crippen molar-refractivity contribution in [3.63, 3.8) is 0 Å². The molecular weight excluding hydrogens is 480 g/mol. The second kappa shape index (κ2) is 11.0. The molecule has 1 fully saturated rings. The molecule has 1 heterocycles. The van der Waals surface area contributed by atoms with Crippen molar-refractivity contribution in [3.05, 3.63) is 93.8 Å². The number of alkyl halides is 1. The molecule has 0 radical (unpaired) electrons. The second-order valence-electron chi connectivity index (χ2n) is 9.57. The molecule has 1 aliphatic heterocycles. The van der Waals surface area contributed by atoms with Crippen molar-refractivity contribution in [2.45, 2.75) is 38.2 Å². The normalized spacial score (nSPS) is 18.2. The standard InChI is InChI=1S/C30H30ClF2NO2/c31-29-17-22(33)8-12-26(29)27-4-1-3-20-5-9-23(35)18-28(20)30(27)21-6-10-24(11-7-21)36-25-13-16-34(19-25)15-2-14-32/h5-12,17-18,25,35H,1-4,13-16,19H2. The number of halogens is 3. The largest absolute Gasteiger partial charge is 0.508 e. The smallest absolute Gasteiger partial charge is 0.124 e. The number of aryl methyl sites for hydroxylation is 1. The Balaban J connectivity index is 1.49. The van der Waals surface area contributed by atoms with Gasteiger partial charge in [0.05, 0.1) is 11.7 Å². The molecule has 6 heteroatoms. The first kappa shape index (κ1) is 24.8. The fourth-order valence-electron chi connectivity index (χ4n) is 5.36. The van der Waals surface area contributed by atoms with Crippen LogP contribution in [-0.2, 0) is 6.42 Å². The minimum Gasteiger partial charge on any atom is -0.508 e. The first-order valence-corrected chi connectivity index (χ1v) is 13.0. The Morgan fingerprint density at radius 1 is 1.00 bits per heavy atom. The summed E-state index contributed by atoms with van der Waals surface area (Å²) in [7, 11) is 0. The van der Waals surface area contributed by atoms with Crippen LogP contribution in [0.1, 0.15) is 47.9 Å². The summed E-state index contributed by atoms with van der Waals surface area (Å²) in [6, 6.07) is 18.1. The Kier molecular flexibility index (Phi) is 7.59. The van der Waals surface area contributed by atoms with E-state index < -0.39 is 0 Å². The van der Waals surface area contributed by atoms with Crippen LogP contribution in [0.25, 0.3) is 11.1 Å². The van der Waals surface area contributed by atoms with Crippen LogP contribution < -0.4 is 4.74 Å². The van der Waals surface area contributed by atoms with E-state index in [2.05, 4.69) is 4.90 Å². The molecule has 3 aromatic rings. The van der Waals surface area contributed by atoms with E-state index in [1.165, 1.54) is 12.1 Å². The Hall–Kier alpha value is -2.89. The second-order valence-corrected chi connectivity index (χ2v) is 9.98. The van der Waals surface area contributed by atoms with E-state index in [9.17, 15) is 13.9 Å². The molecule has 188 valence electrons. The zero-order chi connectivity index (χ0) is 25.1. The minimum atomic E-state index is -0.366. The molecule has 3 aromatic carbocycles. The highest BCUT2D eigenvalue weighted by atomic mass is 35.5. The summed E-state index contributed by atoms with van der Waals surface area (Å²) in [5, 5.41) is 10.7. The van der Waals surface area contributed by atoms with Crippen molar-refractivity contribution >= 4 is 22.7 Å². The van der Waals surface area contributed by atoms with E-state index in [-0.39, 0.29) is 24.3 Å². The van der Waals surface area contributed by atoms with Crippen molar-refractivity contribution in [2.75, 3.05) is 26.3 Å². The van der Waals surface area contributed by atoms with Crippen LogP contribution in [0, 0.1) is 5.82 Å². The molecule has 36 heavy (non-hydrogen) atoms. The van der Waals surface area contributed by atoms with Gasteiger partial charge in [-0.25, -0.2) is 4.39 Å². The van der Waals surface area contributed by atoms with E-state index in [0.29, 0.717) is 11.4 Å². The third-order valence-corrected chi connectivity index (χ3v) is 7.39. The topological polar surface area (TPSA) is 32.7 Å². The highest BCUT2D eigenvalue weighted by Crippen LogP contribution is 2.43. The number of hydrogen-bond acceptors (Lipinski definition) is 3. The third kappa shape index (κ3) is 5.42. The number of phenolic OH excluding ortho intramolecular Hbond substituents is 1. The summed E-state index contributed by atoms with van der Waals surface area (Å²) in [4.78, 5) is 2.25. The van der Waals surface area contributed by atoms with E-state index in [4.69, 9.17) is 16.3 Å². The van der Waals surface area contributed by atoms with Crippen molar-refractivity contribution < 1.29 is 18.6 Å². The first-order valence-electron chi connectivity index (χ1n) is 12.6. The number of ether oxygens (including phenoxy) is 1. The van der Waals surface area contributed by atoms with E-state index in [1.54, 1.807) is 12.1 Å². The summed E-state index contributed by atoms with van der Waals surface area (Å²) in [5.74, 6) is 0.633. The zero-order valence-electron chi connectivity index (χ0n) is 20.2. The quantitative estimate of drug-likeness (QED) is 0.363. The molecule has 1 aliphatic carbocycles. The van der Waals surface area contributed by atoms with Gasteiger partial charge in [-0.1, -0.05) is 35.9 Å². The van der Waals surface area contributed by atoms with Crippen molar-refractivity contribution in [3.8, 4) is 11.5 Å². The van der Waals surface area contributed by atoms with Crippen LogP contribution in [0.4, 0.5) is 8.78 Å². The number of fused-ring (bicyclic) bond motifs is 1. The molecule has 1 atom stereocenters. The number of benzene rings is 3. The van der Waals surface area contributed by atoms with Crippen molar-refractivity contribution in [2.24, 2.45) is 0 Å². The van der Waals surface area contributed by atoms with Crippen molar-refractivity contribution in [1.29, 1.82) is 0 Å². The van der Waals surface area contributed by atoms with Crippen LogP contribution in [0.3, 0.4) is 0 Å². The molecule has 0 amide bonds. The monoisotopic (exact) mass is 509 g/mol. The molecule has 0 spiro atoms. The number of rotatable bonds is 7. The molecule has 0 bridgehead atoms. The number of aromatic hydroxyl groups is 1. The highest BCUT2D eigenvalue weighted by molar-refractivity contribution is 6.32. The van der Waals surface area contributed by atoms with Crippen LogP contribution in [-0.4, -0.2) is 42.4 Å². The van der Waals surface area contributed by atoms with Gasteiger partial charge in [-0.15, -0.1) is 0 Å². The maximum absolute atomic E-state index is 13.8. The van der Waals surface area contributed by atoms with E-state index in [0.717, 1.165) is 84.5 Å². The van der Waals surface area contributed by atoms with Gasteiger partial charge in [-0.3, -0.25) is 9.29 Å². The maximum atomic E-state index is 13.8. The Morgan fingerprint density at radius 2 is 1.83 bits per heavy atom. The summed E-state index contributed by atoms with van der Waals surface area (Å²) in [5.41, 5.74) is 5.96. The number of hydrogen-bond donors (Lipinski definition) is 1. The summed E-state index contributed by atoms with van der Waals surface area (Å²) in [6.07, 6.45) is 4.17. The average molecular weight is 510 g/mol. The molecule has 1 unspecified atom stereocenters. The molecule has 5 rings (SSSR count). The van der Waals surface area contributed by atoms with Gasteiger partial charge in [0, 0.05) is 19.6 Å². The van der Waals surface area contributed by atoms with Gasteiger partial charge in [0.25, 0.3) is 0 Å². The number of likely N-dealkylation sites (tertiary alicyclic amines) is 1. The van der Waals surface area contributed by atoms with E-state index in [1.807, 2.05) is 36.4 Å². The summed E-state index contributed by atoms with van der Waals surface area (Å²) >= 11 is 6.52. The van der Waals surface area contributed by atoms with Gasteiger partial charge in [-0.2, -0.15) is 0 Å². The third-order valence-electron chi connectivity index (χ3n) is 7.08. The fourth-order valence-corrected chi connectivity index (χ4v) is 5.65. The lowest BCUT2D eigenvalue weighted by atomic mass is 9.87. The number of nitrogens with zero attached hydrogens (tertiary/aromatic N) is 1. The molecule has 0 aromatic heterocycles. The Labute approximate surface area is 216 Å². The minimum absolute atomic E-state index is 0.0961. The fraction of sp³-hybridized carbons (Fsp3) is 0.333. The summed E-state index contributed by atoms with van der Waals surface area (Å²) < 4.78 is 32.6. The highest BCUT2D eigenvalue weighted by Gasteiger charge is 2.25. The lowest BCUT2D eigenvalue weighted by molar-refractivity contribution is 0.198. The average Bonchev–Trinajstić information content (AvgIpc) is 3.23. The van der Waals surface area contributed by atoms with Gasteiger partial charge in [0.2, 0.25) is 0 Å². The molecular formula is C30H30ClF2NO2. The number of allylic oxidation sites excluding steroid dienone is 1. The molecule has 2 aliphatic rings. The van der Waals surface area contributed by atoms with Gasteiger partial charge >= 0.3 is 0 Å². The lowest BCUT2D eigenvalue weighted by Gasteiger charge is -2.19. The van der Waals surface area contributed by atoms with Crippen LogP contribution >= 0.6 is 11.6 Å². The predicted molar refractivity (Wildman–Crippen MR) is 141 cm³/mol. The summed E-state index contributed by atoms with van der Waals surface area (Å²) in [6.45, 7) is 2.22. The predicted octanol–water partition coefficient (Wildman–Crippen LogP) is 7.29.